The fourth-order valence-electron chi connectivity index (χ4n) is 2.51. The van der Waals surface area contributed by atoms with Gasteiger partial charge in [0, 0.05) is 22.3 Å². The molecule has 0 aliphatic heterocycles. The first-order valence-corrected chi connectivity index (χ1v) is 9.48. The van der Waals surface area contributed by atoms with E-state index >= 15 is 0 Å². The monoisotopic (exact) mass is 460 g/mol. The summed E-state index contributed by atoms with van der Waals surface area (Å²) in [5, 5.41) is 5.92. The fourth-order valence-corrected chi connectivity index (χ4v) is 3.08. The van der Waals surface area contributed by atoms with Crippen molar-refractivity contribution in [3.8, 4) is 0 Å². The summed E-state index contributed by atoms with van der Waals surface area (Å²) in [6, 6.07) is 17.4. The largest absolute Gasteiger partial charge is 0.348 e. The lowest BCUT2D eigenvalue weighted by Crippen LogP contribution is -2.23. The number of hydrogen-bond acceptors (Lipinski definition) is 2. The summed E-state index contributed by atoms with van der Waals surface area (Å²) < 4.78 is 13.7. The summed E-state index contributed by atoms with van der Waals surface area (Å²) >= 11 is 9.39. The molecule has 0 atom stereocenters. The van der Waals surface area contributed by atoms with Gasteiger partial charge in [0.2, 0.25) is 0 Å². The summed E-state index contributed by atoms with van der Waals surface area (Å²) in [5.41, 5.74) is 2.10. The van der Waals surface area contributed by atoms with E-state index in [4.69, 9.17) is 11.6 Å². The molecule has 4 nitrogen and oxygen atoms in total. The van der Waals surface area contributed by atoms with Crippen LogP contribution in [-0.2, 0) is 6.54 Å². The van der Waals surface area contributed by atoms with Crippen molar-refractivity contribution in [2.24, 2.45) is 0 Å². The summed E-state index contributed by atoms with van der Waals surface area (Å²) in [5.74, 6) is -1.05. The van der Waals surface area contributed by atoms with E-state index < -0.39 is 5.82 Å². The van der Waals surface area contributed by atoms with Gasteiger partial charge in [-0.3, -0.25) is 9.59 Å². The van der Waals surface area contributed by atoms with E-state index in [2.05, 4.69) is 26.6 Å². The van der Waals surface area contributed by atoms with Gasteiger partial charge in [0.05, 0.1) is 10.6 Å². The van der Waals surface area contributed by atoms with Gasteiger partial charge in [0.15, 0.2) is 0 Å². The Kier molecular flexibility index (Phi) is 6.44. The van der Waals surface area contributed by atoms with Crippen LogP contribution < -0.4 is 10.6 Å². The molecule has 3 aromatic rings. The molecule has 0 bridgehead atoms. The van der Waals surface area contributed by atoms with Gasteiger partial charge in [-0.05, 0) is 60.2 Å². The second-order valence-corrected chi connectivity index (χ2v) is 7.29. The van der Waals surface area contributed by atoms with Crippen LogP contribution in [0, 0.1) is 5.82 Å². The molecule has 0 aliphatic carbocycles. The molecule has 0 radical (unpaired) electrons. The van der Waals surface area contributed by atoms with Crippen LogP contribution in [0.3, 0.4) is 0 Å². The molecular formula is C21H15BrClFN2O2. The van der Waals surface area contributed by atoms with Crippen molar-refractivity contribution >= 4 is 45.0 Å². The number of rotatable bonds is 5. The number of amides is 2. The molecule has 0 unspecified atom stereocenters. The van der Waals surface area contributed by atoms with Crippen LogP contribution in [0.15, 0.2) is 71.2 Å². The highest BCUT2D eigenvalue weighted by Crippen LogP contribution is 2.21. The fraction of sp³-hybridized carbons (Fsp3) is 0.0476. The minimum Gasteiger partial charge on any atom is -0.348 e. The van der Waals surface area contributed by atoms with Gasteiger partial charge in [0.25, 0.3) is 11.8 Å². The molecule has 0 aliphatic rings. The maximum Gasteiger partial charge on any atom is 0.255 e. The smallest absolute Gasteiger partial charge is 0.255 e. The Labute approximate surface area is 174 Å². The zero-order chi connectivity index (χ0) is 20.1. The Morgan fingerprint density at radius 1 is 0.964 bits per heavy atom. The summed E-state index contributed by atoms with van der Waals surface area (Å²) in [7, 11) is 0. The van der Waals surface area contributed by atoms with Crippen LogP contribution in [0.2, 0.25) is 5.02 Å². The lowest BCUT2D eigenvalue weighted by Gasteiger charge is -2.10. The molecule has 0 saturated heterocycles. The number of benzene rings is 3. The normalized spacial score (nSPS) is 10.4. The third-order valence-electron chi connectivity index (χ3n) is 3.92. The van der Waals surface area contributed by atoms with E-state index in [0.717, 1.165) is 10.0 Å². The van der Waals surface area contributed by atoms with Gasteiger partial charge >= 0.3 is 0 Å². The van der Waals surface area contributed by atoms with Crippen LogP contribution in [-0.4, -0.2) is 11.8 Å². The predicted molar refractivity (Wildman–Crippen MR) is 111 cm³/mol. The van der Waals surface area contributed by atoms with E-state index in [9.17, 15) is 14.0 Å². The molecule has 0 spiro atoms. The first kappa shape index (κ1) is 20.0. The number of carbonyl (C=O) groups excluding carboxylic acids is 2. The van der Waals surface area contributed by atoms with E-state index in [1.807, 2.05) is 6.07 Å². The minimum absolute atomic E-state index is 0.266. The van der Waals surface area contributed by atoms with Crippen LogP contribution >= 0.6 is 27.5 Å². The van der Waals surface area contributed by atoms with Gasteiger partial charge < -0.3 is 10.6 Å². The SMILES string of the molecule is O=C(Nc1cccc(CNC(=O)c2cc(Br)ccc2Cl)c1)c1ccc(F)cc1. The molecule has 7 heteroatoms. The van der Waals surface area contributed by atoms with Crippen LogP contribution in [0.1, 0.15) is 26.3 Å². The predicted octanol–water partition coefficient (Wildman–Crippen LogP) is 5.42. The molecule has 142 valence electrons. The van der Waals surface area contributed by atoms with Gasteiger partial charge in [-0.25, -0.2) is 4.39 Å². The average Bonchev–Trinajstić information content (AvgIpc) is 2.68. The second-order valence-electron chi connectivity index (χ2n) is 5.97. The van der Waals surface area contributed by atoms with Gasteiger partial charge in [-0.1, -0.05) is 39.7 Å². The molecule has 2 N–H and O–H groups in total. The Bertz CT molecular complexity index is 1030. The van der Waals surface area contributed by atoms with Gasteiger partial charge in [-0.2, -0.15) is 0 Å². The second kappa shape index (κ2) is 8.99. The quantitative estimate of drug-likeness (QED) is 0.533. The van der Waals surface area contributed by atoms with Crippen molar-refractivity contribution < 1.29 is 14.0 Å². The highest BCUT2D eigenvalue weighted by molar-refractivity contribution is 9.10. The molecule has 0 fully saturated rings. The molecule has 3 aromatic carbocycles. The molecule has 0 heterocycles. The Morgan fingerprint density at radius 3 is 2.46 bits per heavy atom. The van der Waals surface area contributed by atoms with E-state index in [-0.39, 0.29) is 18.4 Å². The standard InChI is InChI=1S/C21H15BrClFN2O2/c22-15-6-9-19(23)18(11-15)21(28)25-12-13-2-1-3-17(10-13)26-20(27)14-4-7-16(24)8-5-14/h1-11H,12H2,(H,25,28)(H,26,27). The molecule has 0 aromatic heterocycles. The first-order chi connectivity index (χ1) is 13.4. The Morgan fingerprint density at radius 2 is 1.71 bits per heavy atom. The maximum absolute atomic E-state index is 13.0. The third-order valence-corrected chi connectivity index (χ3v) is 4.74. The number of nitrogens with one attached hydrogen (secondary N) is 2. The first-order valence-electron chi connectivity index (χ1n) is 8.31. The van der Waals surface area contributed by atoms with E-state index in [1.165, 1.54) is 24.3 Å². The van der Waals surface area contributed by atoms with Crippen molar-refractivity contribution in [2.75, 3.05) is 5.32 Å². The van der Waals surface area contributed by atoms with Crippen LogP contribution in [0.25, 0.3) is 0 Å². The van der Waals surface area contributed by atoms with Crippen molar-refractivity contribution in [2.45, 2.75) is 6.54 Å². The number of carbonyl (C=O) groups is 2. The highest BCUT2D eigenvalue weighted by atomic mass is 79.9. The zero-order valence-electron chi connectivity index (χ0n) is 14.5. The van der Waals surface area contributed by atoms with Crippen molar-refractivity contribution in [3.63, 3.8) is 0 Å². The van der Waals surface area contributed by atoms with Gasteiger partial charge in [0.1, 0.15) is 5.82 Å². The lowest BCUT2D eigenvalue weighted by molar-refractivity contribution is 0.0950. The van der Waals surface area contributed by atoms with E-state index in [0.29, 0.717) is 21.8 Å². The molecule has 28 heavy (non-hydrogen) atoms. The number of halogens is 3. The summed E-state index contributed by atoms with van der Waals surface area (Å²) in [4.78, 5) is 24.6. The molecule has 3 rings (SSSR count). The summed E-state index contributed by atoms with van der Waals surface area (Å²) in [6.07, 6.45) is 0. The molecular weight excluding hydrogens is 447 g/mol. The third kappa shape index (κ3) is 5.18. The topological polar surface area (TPSA) is 58.2 Å². The highest BCUT2D eigenvalue weighted by Gasteiger charge is 2.11. The maximum atomic E-state index is 13.0. The number of anilines is 1. The molecule has 0 saturated carbocycles. The van der Waals surface area contributed by atoms with Crippen molar-refractivity contribution in [3.05, 3.63) is 98.7 Å². The average molecular weight is 462 g/mol. The minimum atomic E-state index is -0.403. The summed E-state index contributed by atoms with van der Waals surface area (Å²) in [6.45, 7) is 0.266. The molecule has 2 amide bonds. The van der Waals surface area contributed by atoms with Crippen molar-refractivity contribution in [1.82, 2.24) is 5.32 Å². The lowest BCUT2D eigenvalue weighted by atomic mass is 10.1. The van der Waals surface area contributed by atoms with Crippen LogP contribution in [0.5, 0.6) is 0 Å². The van der Waals surface area contributed by atoms with Gasteiger partial charge in [-0.15, -0.1) is 0 Å². The zero-order valence-corrected chi connectivity index (χ0v) is 16.9. The number of hydrogen-bond donors (Lipinski definition) is 2. The Balaban J connectivity index is 1.64. The van der Waals surface area contributed by atoms with Crippen LogP contribution in [0.4, 0.5) is 10.1 Å². The van der Waals surface area contributed by atoms with E-state index in [1.54, 1.807) is 36.4 Å². The van der Waals surface area contributed by atoms with Crippen molar-refractivity contribution in [1.29, 1.82) is 0 Å². The Hall–Kier alpha value is -2.70.